The maximum Gasteiger partial charge on any atom is 0.413 e. The van der Waals surface area contributed by atoms with Crippen LogP contribution in [-0.2, 0) is 19.1 Å². The summed E-state index contributed by atoms with van der Waals surface area (Å²) in [6.45, 7) is 8.86. The first-order valence-corrected chi connectivity index (χ1v) is 6.47. The van der Waals surface area contributed by atoms with Crippen LogP contribution in [-0.4, -0.2) is 60.1 Å². The molecule has 7 nitrogen and oxygen atoms in total. The molecule has 1 rings (SSSR count). The minimum Gasteiger partial charge on any atom is -0.444 e. The van der Waals surface area contributed by atoms with Gasteiger partial charge in [-0.25, -0.2) is 9.86 Å². The summed E-state index contributed by atoms with van der Waals surface area (Å²) < 4.78 is 10.9. The van der Waals surface area contributed by atoms with Crippen molar-refractivity contribution in [3.8, 4) is 0 Å². The molecule has 0 aromatic rings. The van der Waals surface area contributed by atoms with E-state index in [9.17, 15) is 9.59 Å². The number of hydrogen-bond donors (Lipinski definition) is 0. The van der Waals surface area contributed by atoms with Crippen molar-refractivity contribution in [3.63, 3.8) is 0 Å². The van der Waals surface area contributed by atoms with E-state index in [-0.39, 0.29) is 12.5 Å². The third-order valence-electron chi connectivity index (χ3n) is 2.95. The van der Waals surface area contributed by atoms with Gasteiger partial charge in [0.05, 0.1) is 13.7 Å². The normalized spacial score (nSPS) is 21.8. The summed E-state index contributed by atoms with van der Waals surface area (Å²) in [5, 5.41) is 1.08. The molecular formula is C13H24N2O5. The molecule has 1 atom stereocenters. The van der Waals surface area contributed by atoms with Crippen molar-refractivity contribution < 1.29 is 23.9 Å². The predicted octanol–water partition coefficient (Wildman–Crippen LogP) is 1.38. The lowest BCUT2D eigenvalue weighted by Crippen LogP contribution is -2.54. The monoisotopic (exact) mass is 288 g/mol. The number of likely N-dealkylation sites (N-methyl/N-ethyl adjacent to an activating group) is 1. The highest BCUT2D eigenvalue weighted by Crippen LogP contribution is 2.30. The Labute approximate surface area is 119 Å². The van der Waals surface area contributed by atoms with Gasteiger partial charge in [-0.3, -0.25) is 14.5 Å². The van der Waals surface area contributed by atoms with E-state index in [0.717, 1.165) is 5.06 Å². The zero-order valence-electron chi connectivity index (χ0n) is 13.2. The fraction of sp³-hybridized carbons (Fsp3) is 0.846. The van der Waals surface area contributed by atoms with Crippen molar-refractivity contribution in [3.05, 3.63) is 0 Å². The van der Waals surface area contributed by atoms with E-state index in [2.05, 4.69) is 0 Å². The van der Waals surface area contributed by atoms with Crippen LogP contribution in [0.15, 0.2) is 0 Å². The number of carbonyl (C=O) groups excluding carboxylic acids is 2. The largest absolute Gasteiger partial charge is 0.444 e. The fourth-order valence-electron chi connectivity index (χ4n) is 1.94. The van der Waals surface area contributed by atoms with E-state index >= 15 is 0 Å². The molecule has 1 saturated heterocycles. The van der Waals surface area contributed by atoms with Gasteiger partial charge in [0, 0.05) is 7.05 Å². The molecule has 0 radical (unpaired) electrons. The molecule has 0 aromatic heterocycles. The third-order valence-corrected chi connectivity index (χ3v) is 2.95. The lowest BCUT2D eigenvalue weighted by Gasteiger charge is -2.35. The number of ether oxygens (including phenoxy) is 2. The minimum absolute atomic E-state index is 0.110. The van der Waals surface area contributed by atoms with Gasteiger partial charge in [-0.15, -0.1) is 0 Å². The summed E-state index contributed by atoms with van der Waals surface area (Å²) in [5.74, 6) is -0.357. The number of amides is 2. The van der Waals surface area contributed by atoms with Crippen molar-refractivity contribution in [1.82, 2.24) is 9.96 Å². The Kier molecular flexibility index (Phi) is 4.66. The molecule has 1 heterocycles. The molecule has 116 valence electrons. The Balaban J connectivity index is 2.97. The van der Waals surface area contributed by atoms with Gasteiger partial charge < -0.3 is 9.47 Å². The number of nitrogens with zero attached hydrogens (tertiary/aromatic N) is 2. The summed E-state index contributed by atoms with van der Waals surface area (Å²) in [7, 11) is 2.87. The molecule has 0 N–H and O–H groups in total. The van der Waals surface area contributed by atoms with Gasteiger partial charge >= 0.3 is 6.09 Å². The zero-order chi connectivity index (χ0) is 15.7. The minimum atomic E-state index is -0.906. The first-order valence-electron chi connectivity index (χ1n) is 6.47. The molecule has 1 aliphatic heterocycles. The van der Waals surface area contributed by atoms with E-state index in [1.165, 1.54) is 19.1 Å². The van der Waals surface area contributed by atoms with E-state index in [1.807, 2.05) is 0 Å². The van der Waals surface area contributed by atoms with E-state index in [4.69, 9.17) is 14.3 Å². The van der Waals surface area contributed by atoms with Gasteiger partial charge in [0.2, 0.25) is 0 Å². The second-order valence-electron chi connectivity index (χ2n) is 6.14. The lowest BCUT2D eigenvalue weighted by molar-refractivity contribution is -0.174. The summed E-state index contributed by atoms with van der Waals surface area (Å²) in [4.78, 5) is 30.7. The molecule has 0 unspecified atom stereocenters. The van der Waals surface area contributed by atoms with Crippen LogP contribution in [0.25, 0.3) is 0 Å². The van der Waals surface area contributed by atoms with Gasteiger partial charge in [-0.05, 0) is 34.6 Å². The quantitative estimate of drug-likeness (QED) is 0.718. The predicted molar refractivity (Wildman–Crippen MR) is 71.7 cm³/mol. The molecule has 1 aliphatic rings. The summed E-state index contributed by atoms with van der Waals surface area (Å²) >= 11 is 0. The van der Waals surface area contributed by atoms with Crippen LogP contribution in [0.4, 0.5) is 4.79 Å². The van der Waals surface area contributed by atoms with E-state index in [1.54, 1.807) is 34.6 Å². The topological polar surface area (TPSA) is 68.3 Å². The highest BCUT2D eigenvalue weighted by molar-refractivity contribution is 5.86. The van der Waals surface area contributed by atoms with Gasteiger partial charge in [0.25, 0.3) is 5.91 Å². The van der Waals surface area contributed by atoms with Crippen LogP contribution in [0, 0.1) is 0 Å². The zero-order valence-corrected chi connectivity index (χ0v) is 13.2. The van der Waals surface area contributed by atoms with Crippen LogP contribution < -0.4 is 0 Å². The SMILES string of the molecule is CON(C)C(=O)[C@H]1COC(C)(C)N1C(=O)OC(C)(C)C. The molecule has 0 aliphatic carbocycles. The molecule has 2 amide bonds. The molecule has 0 saturated carbocycles. The second kappa shape index (κ2) is 5.57. The fourth-order valence-corrected chi connectivity index (χ4v) is 1.94. The average Bonchev–Trinajstić information content (AvgIpc) is 2.60. The Morgan fingerprint density at radius 3 is 2.35 bits per heavy atom. The molecule has 0 bridgehead atoms. The molecular weight excluding hydrogens is 264 g/mol. The van der Waals surface area contributed by atoms with Crippen molar-refractivity contribution in [2.75, 3.05) is 20.8 Å². The standard InChI is InChI=1S/C13H24N2O5/c1-12(2,3)20-11(17)15-9(8-19-13(15,4)5)10(16)14(6)18-7/h9H,8H2,1-7H3/t9-/m1/s1. The Hall–Kier alpha value is -1.34. The summed E-state index contributed by atoms with van der Waals surface area (Å²) in [6, 6.07) is -0.759. The smallest absolute Gasteiger partial charge is 0.413 e. The highest BCUT2D eigenvalue weighted by Gasteiger charge is 2.49. The second-order valence-corrected chi connectivity index (χ2v) is 6.14. The summed E-state index contributed by atoms with van der Waals surface area (Å²) in [5.41, 5.74) is -1.55. The first kappa shape index (κ1) is 16.7. The molecule has 7 heteroatoms. The maximum absolute atomic E-state index is 12.3. The van der Waals surface area contributed by atoms with E-state index < -0.39 is 23.5 Å². The summed E-state index contributed by atoms with van der Waals surface area (Å²) in [6.07, 6.45) is -0.581. The van der Waals surface area contributed by atoms with Crippen LogP contribution in [0.3, 0.4) is 0 Å². The Morgan fingerprint density at radius 2 is 1.90 bits per heavy atom. The van der Waals surface area contributed by atoms with Gasteiger partial charge in [0.1, 0.15) is 17.4 Å². The van der Waals surface area contributed by atoms with Crippen LogP contribution in [0.2, 0.25) is 0 Å². The molecule has 20 heavy (non-hydrogen) atoms. The molecule has 1 fully saturated rings. The van der Waals surface area contributed by atoms with Crippen LogP contribution >= 0.6 is 0 Å². The molecule has 0 spiro atoms. The Morgan fingerprint density at radius 1 is 1.35 bits per heavy atom. The lowest BCUT2D eigenvalue weighted by atomic mass is 10.2. The van der Waals surface area contributed by atoms with E-state index in [0.29, 0.717) is 0 Å². The maximum atomic E-state index is 12.3. The number of hydrogen-bond acceptors (Lipinski definition) is 5. The third kappa shape index (κ3) is 3.61. The van der Waals surface area contributed by atoms with Crippen molar-refractivity contribution in [2.24, 2.45) is 0 Å². The number of rotatable bonds is 2. The van der Waals surface area contributed by atoms with Gasteiger partial charge in [-0.2, -0.15) is 0 Å². The number of hydroxylamine groups is 2. The first-order chi connectivity index (χ1) is 8.99. The van der Waals surface area contributed by atoms with Gasteiger partial charge in [0.15, 0.2) is 0 Å². The molecule has 0 aromatic carbocycles. The van der Waals surface area contributed by atoms with Crippen LogP contribution in [0.5, 0.6) is 0 Å². The number of carbonyl (C=O) groups is 2. The van der Waals surface area contributed by atoms with Crippen molar-refractivity contribution in [2.45, 2.75) is 52.0 Å². The Bertz CT molecular complexity index is 389. The van der Waals surface area contributed by atoms with Crippen LogP contribution in [0.1, 0.15) is 34.6 Å². The van der Waals surface area contributed by atoms with Gasteiger partial charge in [-0.1, -0.05) is 0 Å². The highest BCUT2D eigenvalue weighted by atomic mass is 16.7. The average molecular weight is 288 g/mol. The van der Waals surface area contributed by atoms with Crippen molar-refractivity contribution in [1.29, 1.82) is 0 Å². The van der Waals surface area contributed by atoms with Crippen molar-refractivity contribution >= 4 is 12.0 Å².